The van der Waals surface area contributed by atoms with Gasteiger partial charge in [0.25, 0.3) is 0 Å². The molecule has 2 aliphatic rings. The second-order valence-electron chi connectivity index (χ2n) is 17.1. The molecular weight excluding hydrogens is 935 g/mol. The number of carboxylic acids is 3. The summed E-state index contributed by atoms with van der Waals surface area (Å²) in [5.74, 6) is -13.5. The zero-order chi connectivity index (χ0) is 53.2. The van der Waals surface area contributed by atoms with E-state index in [1.165, 1.54) is 25.7 Å². The lowest BCUT2D eigenvalue weighted by Crippen LogP contribution is -2.61. The molecular formula is C41H67N11O18. The van der Waals surface area contributed by atoms with Crippen molar-refractivity contribution in [3.63, 3.8) is 0 Å². The van der Waals surface area contributed by atoms with Crippen LogP contribution in [0.25, 0.3) is 0 Å². The zero-order valence-electron chi connectivity index (χ0n) is 39.3. The summed E-state index contributed by atoms with van der Waals surface area (Å²) >= 11 is 0. The van der Waals surface area contributed by atoms with Crippen LogP contribution < -0.4 is 48.7 Å². The number of nitrogens with two attached hydrogens (primary N) is 2. The van der Waals surface area contributed by atoms with Crippen LogP contribution in [0.1, 0.15) is 85.5 Å². The van der Waals surface area contributed by atoms with Crippen molar-refractivity contribution in [2.24, 2.45) is 11.5 Å². The van der Waals surface area contributed by atoms with Crippen molar-refractivity contribution in [1.29, 1.82) is 0 Å². The summed E-state index contributed by atoms with van der Waals surface area (Å²) in [4.78, 5) is 157. The Morgan fingerprint density at radius 2 is 1.07 bits per heavy atom. The highest BCUT2D eigenvalue weighted by molar-refractivity contribution is 6.00. The van der Waals surface area contributed by atoms with E-state index in [4.69, 9.17) is 11.5 Å². The number of amides is 9. The third-order valence-electron chi connectivity index (χ3n) is 11.4. The SMILES string of the molecule is C[C@H](NC(=O)[C@@H](N)[C@@H](C)O)C(=O)N[C@@H](CC(=O)O)C(=O)N1CCC[C@H]1C(=O)N1CCC[C@H]1C(=O)N[C@@H](C)C(=O)N[C@@H](CC(=O)O)C(=O)N[C@@H](CCCCN)C(=O)N[C@H](C(=O)N[C@@H](CO)C(=O)O)[C@@H](C)O. The quantitative estimate of drug-likeness (QED) is 0.0324. The van der Waals surface area contributed by atoms with E-state index in [0.29, 0.717) is 12.8 Å². The van der Waals surface area contributed by atoms with Crippen LogP contribution >= 0.6 is 0 Å². The van der Waals surface area contributed by atoms with Crippen LogP contribution in [0.2, 0.25) is 0 Å². The van der Waals surface area contributed by atoms with Gasteiger partial charge in [-0.2, -0.15) is 0 Å². The number of likely N-dealkylation sites (tertiary alicyclic amines) is 2. The molecule has 2 saturated heterocycles. The highest BCUT2D eigenvalue weighted by Crippen LogP contribution is 2.26. The number of hydrogen-bond donors (Lipinski definition) is 15. The molecule has 0 radical (unpaired) electrons. The number of hydrogen-bond acceptors (Lipinski definition) is 17. The molecule has 0 aliphatic carbocycles. The van der Waals surface area contributed by atoms with Gasteiger partial charge in [-0.1, -0.05) is 0 Å². The predicted octanol–water partition coefficient (Wildman–Crippen LogP) is -7.35. The van der Waals surface area contributed by atoms with Crippen molar-refractivity contribution in [3.8, 4) is 0 Å². The summed E-state index contributed by atoms with van der Waals surface area (Å²) in [6.07, 6.45) is -3.65. The molecule has 2 rings (SSSR count). The molecule has 394 valence electrons. The largest absolute Gasteiger partial charge is 0.481 e. The van der Waals surface area contributed by atoms with E-state index in [-0.39, 0.29) is 51.7 Å². The minimum Gasteiger partial charge on any atom is -0.481 e. The molecule has 0 saturated carbocycles. The molecule has 17 N–H and O–H groups in total. The van der Waals surface area contributed by atoms with Crippen molar-refractivity contribution >= 4 is 71.1 Å². The normalized spacial score (nSPS) is 19.8. The fourth-order valence-corrected chi connectivity index (χ4v) is 7.44. The molecule has 29 heteroatoms. The fraction of sp³-hybridized carbons (Fsp3) is 0.707. The number of unbranched alkanes of at least 4 members (excludes halogenated alkanes) is 1. The number of carbonyl (C=O) groups is 12. The summed E-state index contributed by atoms with van der Waals surface area (Å²) < 4.78 is 0. The van der Waals surface area contributed by atoms with Gasteiger partial charge in [0.1, 0.15) is 60.4 Å². The third-order valence-corrected chi connectivity index (χ3v) is 11.4. The van der Waals surface area contributed by atoms with Gasteiger partial charge in [-0.05, 0) is 79.2 Å². The molecule has 29 nitrogen and oxygen atoms in total. The van der Waals surface area contributed by atoms with Crippen molar-refractivity contribution in [1.82, 2.24) is 47.0 Å². The number of aliphatic hydroxyl groups is 3. The van der Waals surface area contributed by atoms with E-state index >= 15 is 0 Å². The van der Waals surface area contributed by atoms with Crippen LogP contribution in [0, 0.1) is 0 Å². The van der Waals surface area contributed by atoms with E-state index < -0.39 is 163 Å². The lowest BCUT2D eigenvalue weighted by molar-refractivity contribution is -0.149. The Morgan fingerprint density at radius 1 is 0.571 bits per heavy atom. The Morgan fingerprint density at radius 3 is 1.60 bits per heavy atom. The van der Waals surface area contributed by atoms with Gasteiger partial charge in [0, 0.05) is 13.1 Å². The van der Waals surface area contributed by atoms with Gasteiger partial charge < -0.3 is 89.1 Å². The first-order valence-corrected chi connectivity index (χ1v) is 22.6. The Bertz CT molecular complexity index is 1940. The first-order valence-electron chi connectivity index (χ1n) is 22.6. The second-order valence-corrected chi connectivity index (χ2v) is 17.1. The summed E-state index contributed by atoms with van der Waals surface area (Å²) in [6.45, 7) is 3.92. The number of carboxylic acid groups (broad SMARTS) is 3. The predicted molar refractivity (Wildman–Crippen MR) is 238 cm³/mol. The monoisotopic (exact) mass is 1000 g/mol. The van der Waals surface area contributed by atoms with Crippen LogP contribution in [0.3, 0.4) is 0 Å². The van der Waals surface area contributed by atoms with Gasteiger partial charge in [0.2, 0.25) is 53.2 Å². The standard InChI is InChI=1S/C41H67N11O18/c1-18(32(60)47-23(15-28(56)57)35(63)46-22(9-5-6-12-42)34(62)50-31(21(4)55)38(66)49-25(17-53)41(69)70)44-36(64)26-10-7-13-51(26)40(68)27-11-8-14-52(27)39(67)24(16-29(58)59)48-33(61)19(2)45-37(65)30(43)20(3)54/h18-27,30-31,53-55H,5-17,42-43H2,1-4H3,(H,44,64)(H,45,65)(H,46,63)(H,47,60)(H,48,61)(H,49,66)(H,50,62)(H,56,57)(H,58,59)(H,69,70)/t18-,19-,20+,21+,22-,23-,24-,25-,26-,27-,30-,31-/m0/s1. The van der Waals surface area contributed by atoms with Gasteiger partial charge in [-0.25, -0.2) is 4.79 Å². The van der Waals surface area contributed by atoms with Gasteiger partial charge in [-0.3, -0.25) is 52.7 Å². The molecule has 0 aromatic heterocycles. The molecule has 2 aliphatic heterocycles. The maximum absolute atomic E-state index is 14.1. The van der Waals surface area contributed by atoms with E-state index in [2.05, 4.69) is 31.9 Å². The lowest BCUT2D eigenvalue weighted by Gasteiger charge is -2.33. The smallest absolute Gasteiger partial charge is 0.328 e. The van der Waals surface area contributed by atoms with Crippen LogP contribution in [0.5, 0.6) is 0 Å². The van der Waals surface area contributed by atoms with Crippen molar-refractivity contribution in [2.75, 3.05) is 26.2 Å². The number of nitrogens with one attached hydrogen (secondary N) is 7. The molecule has 0 bridgehead atoms. The zero-order valence-corrected chi connectivity index (χ0v) is 39.3. The maximum atomic E-state index is 14.1. The molecule has 9 amide bonds. The Labute approximate surface area is 401 Å². The average Bonchev–Trinajstić information content (AvgIpc) is 3.99. The Balaban J connectivity index is 2.21. The number of aliphatic hydroxyl groups excluding tert-OH is 3. The molecule has 2 fully saturated rings. The summed E-state index contributed by atoms with van der Waals surface area (Å²) in [6, 6.07) is -15.3. The molecule has 0 unspecified atom stereocenters. The maximum Gasteiger partial charge on any atom is 0.328 e. The minimum atomic E-state index is -1.87. The van der Waals surface area contributed by atoms with Gasteiger partial charge >= 0.3 is 17.9 Å². The summed E-state index contributed by atoms with van der Waals surface area (Å²) in [5.41, 5.74) is 11.2. The van der Waals surface area contributed by atoms with Crippen LogP contribution in [0.4, 0.5) is 0 Å². The number of rotatable bonds is 28. The molecule has 2 heterocycles. The second kappa shape index (κ2) is 28.2. The molecule has 0 aromatic carbocycles. The fourth-order valence-electron chi connectivity index (χ4n) is 7.44. The third kappa shape index (κ3) is 17.8. The molecule has 12 atom stereocenters. The van der Waals surface area contributed by atoms with Crippen LogP contribution in [-0.2, 0) is 57.5 Å². The van der Waals surface area contributed by atoms with Gasteiger partial charge in [0.15, 0.2) is 0 Å². The van der Waals surface area contributed by atoms with Crippen LogP contribution in [0.15, 0.2) is 0 Å². The first-order chi connectivity index (χ1) is 32.7. The average molecular weight is 1000 g/mol. The highest BCUT2D eigenvalue weighted by Gasteiger charge is 2.45. The van der Waals surface area contributed by atoms with E-state index in [9.17, 15) is 88.2 Å². The molecule has 70 heavy (non-hydrogen) atoms. The first kappa shape index (κ1) is 59.6. The number of nitrogens with zero attached hydrogens (tertiary/aromatic N) is 2. The Hall–Kier alpha value is -6.56. The Kier molecular flexibility index (Phi) is 24.0. The summed E-state index contributed by atoms with van der Waals surface area (Å²) in [5, 5.41) is 73.2. The van der Waals surface area contributed by atoms with Crippen LogP contribution in [-0.4, -0.2) is 210 Å². The van der Waals surface area contributed by atoms with E-state index in [0.717, 1.165) is 11.8 Å². The van der Waals surface area contributed by atoms with Crippen molar-refractivity contribution in [2.45, 2.75) is 158 Å². The highest BCUT2D eigenvalue weighted by atomic mass is 16.4. The topological polar surface area (TPSA) is 469 Å². The minimum absolute atomic E-state index is 0.0250. The number of carbonyl (C=O) groups excluding carboxylic acids is 9. The summed E-state index contributed by atoms with van der Waals surface area (Å²) in [7, 11) is 0. The van der Waals surface area contributed by atoms with E-state index in [1.54, 1.807) is 0 Å². The lowest BCUT2D eigenvalue weighted by atomic mass is 10.0. The van der Waals surface area contributed by atoms with Crippen molar-refractivity contribution < 1.29 is 88.2 Å². The molecule has 0 aromatic rings. The van der Waals surface area contributed by atoms with Gasteiger partial charge in [-0.15, -0.1) is 0 Å². The van der Waals surface area contributed by atoms with E-state index in [1.807, 2.05) is 5.32 Å². The van der Waals surface area contributed by atoms with Gasteiger partial charge in [0.05, 0.1) is 31.7 Å². The van der Waals surface area contributed by atoms with Crippen molar-refractivity contribution in [3.05, 3.63) is 0 Å². The number of aliphatic carboxylic acids is 3. The molecule has 0 spiro atoms.